The number of aromatic nitrogens is 2. The highest BCUT2D eigenvalue weighted by molar-refractivity contribution is 9.10. The number of halogens is 1. The van der Waals surface area contributed by atoms with Crippen molar-refractivity contribution in [2.75, 3.05) is 0 Å². The lowest BCUT2D eigenvalue weighted by atomic mass is 10.1. The van der Waals surface area contributed by atoms with E-state index in [1.807, 2.05) is 36.4 Å². The molecule has 2 aromatic heterocycles. The summed E-state index contributed by atoms with van der Waals surface area (Å²) < 4.78 is 9.47. The van der Waals surface area contributed by atoms with Gasteiger partial charge in [0.25, 0.3) is 0 Å². The Morgan fingerprint density at radius 3 is 2.24 bits per heavy atom. The minimum atomic E-state index is 0.645. The maximum atomic E-state index is 6.14. The van der Waals surface area contributed by atoms with Gasteiger partial charge in [-0.2, -0.15) is 0 Å². The van der Waals surface area contributed by atoms with E-state index in [1.165, 1.54) is 5.39 Å². The summed E-state index contributed by atoms with van der Waals surface area (Å²) in [6, 6.07) is 31.1. The number of hydrogen-bond acceptors (Lipinski definition) is 2. The molecule has 0 amide bonds. The zero-order valence-electron chi connectivity index (χ0n) is 15.3. The van der Waals surface area contributed by atoms with E-state index < -0.39 is 0 Å². The van der Waals surface area contributed by atoms with Crippen molar-refractivity contribution in [3.63, 3.8) is 0 Å². The molecule has 0 saturated heterocycles. The quantitative estimate of drug-likeness (QED) is 0.282. The van der Waals surface area contributed by atoms with Crippen LogP contribution in [-0.4, -0.2) is 9.55 Å². The Morgan fingerprint density at radius 1 is 0.724 bits per heavy atom. The number of nitrogens with zero attached hydrogens (tertiary/aromatic N) is 2. The molecule has 0 aliphatic rings. The highest BCUT2D eigenvalue weighted by Gasteiger charge is 2.16. The van der Waals surface area contributed by atoms with Crippen LogP contribution in [0.25, 0.3) is 50.0 Å². The van der Waals surface area contributed by atoms with Crippen LogP contribution in [0.1, 0.15) is 0 Å². The van der Waals surface area contributed by atoms with Gasteiger partial charge in [0, 0.05) is 32.6 Å². The molecule has 138 valence electrons. The van der Waals surface area contributed by atoms with Crippen molar-refractivity contribution in [1.82, 2.24) is 9.55 Å². The molecule has 0 fully saturated rings. The van der Waals surface area contributed by atoms with Crippen molar-refractivity contribution < 1.29 is 4.42 Å². The standard InChI is InChI=1S/C25H15BrN2O/c26-17-11-12-19-20-14-21-24(29-25(27-21)16-7-3-1-4-8-16)15-23(20)28(22(19)13-17)18-9-5-2-6-10-18/h1-15H. The Kier molecular flexibility index (Phi) is 3.61. The molecular weight excluding hydrogens is 424 g/mol. The topological polar surface area (TPSA) is 31.0 Å². The second-order valence-electron chi connectivity index (χ2n) is 7.05. The first-order valence-corrected chi connectivity index (χ1v) is 10.2. The fraction of sp³-hybridized carbons (Fsp3) is 0. The van der Waals surface area contributed by atoms with E-state index >= 15 is 0 Å². The van der Waals surface area contributed by atoms with Gasteiger partial charge in [-0.1, -0.05) is 58.4 Å². The van der Waals surface area contributed by atoms with Crippen LogP contribution < -0.4 is 0 Å². The molecule has 4 aromatic carbocycles. The van der Waals surface area contributed by atoms with Crippen molar-refractivity contribution in [2.24, 2.45) is 0 Å². The zero-order chi connectivity index (χ0) is 19.4. The second-order valence-corrected chi connectivity index (χ2v) is 7.97. The lowest BCUT2D eigenvalue weighted by Crippen LogP contribution is -1.92. The van der Waals surface area contributed by atoms with Gasteiger partial charge in [0.15, 0.2) is 5.58 Å². The molecule has 0 saturated carbocycles. The van der Waals surface area contributed by atoms with Gasteiger partial charge in [-0.25, -0.2) is 4.98 Å². The zero-order valence-corrected chi connectivity index (χ0v) is 16.9. The van der Waals surface area contributed by atoms with Crippen LogP contribution in [0.3, 0.4) is 0 Å². The normalized spacial score (nSPS) is 11.6. The van der Waals surface area contributed by atoms with Gasteiger partial charge < -0.3 is 8.98 Å². The minimum Gasteiger partial charge on any atom is -0.436 e. The summed E-state index contributed by atoms with van der Waals surface area (Å²) in [7, 11) is 0. The third-order valence-electron chi connectivity index (χ3n) is 5.27. The fourth-order valence-electron chi connectivity index (χ4n) is 3.97. The Balaban J connectivity index is 1.70. The molecule has 0 aliphatic heterocycles. The van der Waals surface area contributed by atoms with E-state index in [0.29, 0.717) is 5.89 Å². The summed E-state index contributed by atoms with van der Waals surface area (Å²) in [6.07, 6.45) is 0. The van der Waals surface area contributed by atoms with Crippen LogP contribution in [0.5, 0.6) is 0 Å². The summed E-state index contributed by atoms with van der Waals surface area (Å²) >= 11 is 3.62. The van der Waals surface area contributed by atoms with E-state index in [4.69, 9.17) is 9.40 Å². The number of fused-ring (bicyclic) bond motifs is 4. The van der Waals surface area contributed by atoms with Gasteiger partial charge in [-0.15, -0.1) is 0 Å². The lowest BCUT2D eigenvalue weighted by molar-refractivity contribution is 0.620. The molecule has 29 heavy (non-hydrogen) atoms. The molecule has 2 heterocycles. The number of hydrogen-bond donors (Lipinski definition) is 0. The molecule has 0 aliphatic carbocycles. The number of para-hydroxylation sites is 1. The predicted octanol–water partition coefficient (Wildman–Crippen LogP) is 7.35. The average Bonchev–Trinajstić information content (AvgIpc) is 3.31. The molecule has 0 spiro atoms. The predicted molar refractivity (Wildman–Crippen MR) is 121 cm³/mol. The summed E-state index contributed by atoms with van der Waals surface area (Å²) in [5.74, 6) is 0.645. The third kappa shape index (κ3) is 2.60. The largest absolute Gasteiger partial charge is 0.436 e. The van der Waals surface area contributed by atoms with Gasteiger partial charge >= 0.3 is 0 Å². The van der Waals surface area contributed by atoms with Gasteiger partial charge in [0.1, 0.15) is 5.52 Å². The number of benzene rings is 4. The smallest absolute Gasteiger partial charge is 0.227 e. The van der Waals surface area contributed by atoms with Crippen molar-refractivity contribution in [3.05, 3.63) is 95.5 Å². The first kappa shape index (κ1) is 16.6. The van der Waals surface area contributed by atoms with Crippen LogP contribution in [-0.2, 0) is 0 Å². The maximum absolute atomic E-state index is 6.14. The second kappa shape index (κ2) is 6.33. The Morgan fingerprint density at radius 2 is 1.45 bits per heavy atom. The number of oxazole rings is 1. The van der Waals surface area contributed by atoms with Gasteiger partial charge in [0.05, 0.1) is 11.0 Å². The van der Waals surface area contributed by atoms with Crippen molar-refractivity contribution in [1.29, 1.82) is 0 Å². The molecule has 0 unspecified atom stereocenters. The Hall–Kier alpha value is -3.37. The molecule has 6 rings (SSSR count). The van der Waals surface area contributed by atoms with Gasteiger partial charge in [-0.05, 0) is 42.5 Å². The Labute approximate surface area is 175 Å². The molecule has 0 bridgehead atoms. The van der Waals surface area contributed by atoms with E-state index in [1.54, 1.807) is 0 Å². The highest BCUT2D eigenvalue weighted by Crippen LogP contribution is 2.37. The summed E-state index contributed by atoms with van der Waals surface area (Å²) in [5, 5.41) is 2.36. The van der Waals surface area contributed by atoms with E-state index in [0.717, 1.165) is 43.2 Å². The van der Waals surface area contributed by atoms with Gasteiger partial charge in [-0.3, -0.25) is 0 Å². The lowest BCUT2D eigenvalue weighted by Gasteiger charge is -2.07. The number of rotatable bonds is 2. The molecular formula is C25H15BrN2O. The van der Waals surface area contributed by atoms with Crippen LogP contribution in [0.15, 0.2) is 99.9 Å². The SMILES string of the molecule is Brc1ccc2c3cc4nc(-c5ccccc5)oc4cc3n(-c3ccccc3)c2c1. The van der Waals surface area contributed by atoms with Crippen molar-refractivity contribution in [2.45, 2.75) is 0 Å². The van der Waals surface area contributed by atoms with Crippen LogP contribution in [0, 0.1) is 0 Å². The summed E-state index contributed by atoms with van der Waals surface area (Å²) in [5.41, 5.74) is 6.01. The summed E-state index contributed by atoms with van der Waals surface area (Å²) in [4.78, 5) is 4.75. The van der Waals surface area contributed by atoms with Gasteiger partial charge in [0.2, 0.25) is 5.89 Å². The van der Waals surface area contributed by atoms with Crippen LogP contribution >= 0.6 is 15.9 Å². The molecule has 3 nitrogen and oxygen atoms in total. The van der Waals surface area contributed by atoms with Crippen molar-refractivity contribution in [3.8, 4) is 17.1 Å². The van der Waals surface area contributed by atoms with E-state index in [2.05, 4.69) is 75.1 Å². The van der Waals surface area contributed by atoms with E-state index in [-0.39, 0.29) is 0 Å². The van der Waals surface area contributed by atoms with Crippen molar-refractivity contribution >= 4 is 48.8 Å². The molecule has 0 N–H and O–H groups in total. The maximum Gasteiger partial charge on any atom is 0.227 e. The fourth-order valence-corrected chi connectivity index (χ4v) is 4.32. The molecule has 4 heteroatoms. The van der Waals surface area contributed by atoms with Crippen LogP contribution in [0.2, 0.25) is 0 Å². The third-order valence-corrected chi connectivity index (χ3v) is 5.77. The Bertz CT molecular complexity index is 1500. The minimum absolute atomic E-state index is 0.645. The molecule has 6 aromatic rings. The molecule has 0 atom stereocenters. The van der Waals surface area contributed by atoms with Crippen LogP contribution in [0.4, 0.5) is 0 Å². The highest BCUT2D eigenvalue weighted by atomic mass is 79.9. The monoisotopic (exact) mass is 438 g/mol. The van der Waals surface area contributed by atoms with E-state index in [9.17, 15) is 0 Å². The first-order chi connectivity index (χ1) is 14.3. The summed E-state index contributed by atoms with van der Waals surface area (Å²) in [6.45, 7) is 0. The first-order valence-electron chi connectivity index (χ1n) is 9.43. The average molecular weight is 439 g/mol. The molecule has 0 radical (unpaired) electrons.